The van der Waals surface area contributed by atoms with Crippen molar-refractivity contribution in [2.24, 2.45) is 5.92 Å². The second-order valence-corrected chi connectivity index (χ2v) is 3.28. The predicted molar refractivity (Wildman–Crippen MR) is 63.7 cm³/mol. The molecule has 6 heteroatoms. The summed E-state index contributed by atoms with van der Waals surface area (Å²) in [4.78, 5) is 0. The highest BCUT2D eigenvalue weighted by molar-refractivity contribution is 6.25. The Kier molecular flexibility index (Phi) is 6.99. The number of hydrogen-bond donors (Lipinski definition) is 0. The van der Waals surface area contributed by atoms with Crippen LogP contribution >= 0.6 is 0 Å². The van der Waals surface area contributed by atoms with Crippen LogP contribution < -0.4 is 0 Å². The van der Waals surface area contributed by atoms with Crippen LogP contribution in [0.15, 0.2) is 0 Å². The number of hydrogen-bond acceptors (Lipinski definition) is 0. The Morgan fingerprint density at radius 2 is 0.846 bits per heavy atom. The summed E-state index contributed by atoms with van der Waals surface area (Å²) in [6.45, 7) is 0. The first-order valence-corrected chi connectivity index (χ1v) is 4.45. The lowest BCUT2D eigenvalue weighted by Crippen LogP contribution is -2.21. The van der Waals surface area contributed by atoms with Crippen LogP contribution in [0, 0.1) is 5.92 Å². The molecule has 0 rings (SSSR count). The Balaban J connectivity index is 4.34. The van der Waals surface area contributed by atoms with Crippen LogP contribution in [0.3, 0.4) is 0 Å². The minimum atomic E-state index is -0.239. The zero-order valence-electron chi connectivity index (χ0n) is 7.89. The fourth-order valence-electron chi connectivity index (χ4n) is 1.42. The van der Waals surface area contributed by atoms with Gasteiger partial charge in [-0.05, 0) is 0 Å². The maximum absolute atomic E-state index is 5.77. The molecule has 13 heavy (non-hydrogen) atoms. The maximum Gasteiger partial charge on any atom is 0.0692 e. The molecule has 0 spiro atoms. The molecule has 0 N–H and O–H groups in total. The molecule has 0 bridgehead atoms. The van der Waals surface area contributed by atoms with Crippen LogP contribution in [-0.4, -0.2) is 47.1 Å². The van der Waals surface area contributed by atoms with Gasteiger partial charge in [-0.15, -0.1) is 0 Å². The maximum atomic E-state index is 5.77. The number of rotatable bonds is 6. The molecule has 0 amide bonds. The van der Waals surface area contributed by atoms with Crippen molar-refractivity contribution >= 4 is 47.1 Å². The molecular weight excluding hydrogens is 149 g/mol. The molecule has 0 aliphatic carbocycles. The summed E-state index contributed by atoms with van der Waals surface area (Å²) in [5.41, 5.74) is 0. The van der Waals surface area contributed by atoms with Crippen molar-refractivity contribution < 1.29 is 0 Å². The highest BCUT2D eigenvalue weighted by atomic mass is 14.2. The van der Waals surface area contributed by atoms with Crippen molar-refractivity contribution in [3.63, 3.8) is 0 Å². The van der Waals surface area contributed by atoms with Gasteiger partial charge in [0.2, 0.25) is 0 Å². The van der Waals surface area contributed by atoms with E-state index in [9.17, 15) is 0 Å². The summed E-state index contributed by atoms with van der Waals surface area (Å²) in [5.74, 6) is -0.828. The van der Waals surface area contributed by atoms with Gasteiger partial charge in [0.05, 0.1) is 47.1 Å². The first-order valence-electron chi connectivity index (χ1n) is 4.45. The van der Waals surface area contributed by atoms with Crippen molar-refractivity contribution in [2.45, 2.75) is 36.4 Å². The summed E-state index contributed by atoms with van der Waals surface area (Å²) >= 11 is 0. The average Bonchev–Trinajstić information content (AvgIpc) is 2.16. The van der Waals surface area contributed by atoms with E-state index >= 15 is 0 Å². The summed E-state index contributed by atoms with van der Waals surface area (Å²) in [6.07, 6.45) is 1.02. The lowest BCUT2D eigenvalue weighted by molar-refractivity contribution is 0.478. The fourth-order valence-corrected chi connectivity index (χ4v) is 1.42. The molecule has 0 saturated carbocycles. The normalized spacial score (nSPS) is 20.3. The van der Waals surface area contributed by atoms with Gasteiger partial charge >= 0.3 is 0 Å². The van der Waals surface area contributed by atoms with Gasteiger partial charge < -0.3 is 0 Å². The molecule has 0 saturated heterocycles. The third-order valence-corrected chi connectivity index (χ3v) is 2.30. The van der Waals surface area contributed by atoms with E-state index in [0.717, 1.165) is 0 Å². The van der Waals surface area contributed by atoms with E-state index in [1.54, 1.807) is 0 Å². The topological polar surface area (TPSA) is 0 Å². The second-order valence-electron chi connectivity index (χ2n) is 3.28. The Bertz CT molecular complexity index is 106. The largest absolute Gasteiger partial charge is 0.0933 e. The molecule has 12 radical (unpaired) electrons. The Morgan fingerprint density at radius 3 is 1.00 bits per heavy atom. The summed E-state index contributed by atoms with van der Waals surface area (Å²) < 4.78 is 0. The van der Waals surface area contributed by atoms with Crippen molar-refractivity contribution in [3.8, 4) is 0 Å². The molecule has 0 aliphatic rings. The Morgan fingerprint density at radius 1 is 0.615 bits per heavy atom. The zero-order valence-corrected chi connectivity index (χ0v) is 7.89. The molecule has 0 aliphatic heterocycles. The highest BCUT2D eigenvalue weighted by Gasteiger charge is 2.24. The lowest BCUT2D eigenvalue weighted by atomic mass is 9.49. The van der Waals surface area contributed by atoms with Crippen molar-refractivity contribution in [1.29, 1.82) is 0 Å². The van der Waals surface area contributed by atoms with E-state index in [-0.39, 0.29) is 23.4 Å². The summed E-state index contributed by atoms with van der Waals surface area (Å²) in [5, 5.41) is 0. The molecule has 3 unspecified atom stereocenters. The van der Waals surface area contributed by atoms with Gasteiger partial charge in [0.1, 0.15) is 0 Å². The Hall–Kier alpha value is 0.390. The predicted octanol–water partition coefficient (Wildman–Crippen LogP) is 0.234. The first kappa shape index (κ1) is 13.4. The van der Waals surface area contributed by atoms with Crippen LogP contribution in [0.1, 0.15) is 0 Å². The highest BCUT2D eigenvalue weighted by Crippen LogP contribution is 2.39. The smallest absolute Gasteiger partial charge is 0.0692 e. The average molecular weight is 159 g/mol. The third-order valence-electron chi connectivity index (χ3n) is 2.30. The SMILES string of the molecule is [B]CC([B])C(C([B])C[B])C([B])C[B]. The molecule has 56 valence electrons. The molecule has 0 aromatic rings. The summed E-state index contributed by atoms with van der Waals surface area (Å²) in [7, 11) is 33.6. The molecule has 0 heterocycles. The van der Waals surface area contributed by atoms with E-state index in [4.69, 9.17) is 47.1 Å². The van der Waals surface area contributed by atoms with Crippen LogP contribution in [0.25, 0.3) is 0 Å². The quantitative estimate of drug-likeness (QED) is 0.487. The monoisotopic (exact) mass is 160 g/mol. The van der Waals surface area contributed by atoms with Crippen LogP contribution in [0.5, 0.6) is 0 Å². The minimum absolute atomic E-state index is 0.111. The van der Waals surface area contributed by atoms with Gasteiger partial charge in [-0.2, -0.15) is 0 Å². The van der Waals surface area contributed by atoms with Gasteiger partial charge in [-0.25, -0.2) is 0 Å². The molecule has 0 aromatic heterocycles. The first-order chi connectivity index (χ1) is 6.08. The third kappa shape index (κ3) is 3.95. The van der Waals surface area contributed by atoms with E-state index in [1.807, 2.05) is 0 Å². The van der Waals surface area contributed by atoms with E-state index in [2.05, 4.69) is 0 Å². The van der Waals surface area contributed by atoms with Crippen LogP contribution in [0.2, 0.25) is 36.4 Å². The van der Waals surface area contributed by atoms with E-state index in [1.165, 1.54) is 0 Å². The van der Waals surface area contributed by atoms with Gasteiger partial charge in [-0.1, -0.05) is 42.3 Å². The molecule has 3 atom stereocenters. The van der Waals surface area contributed by atoms with Gasteiger partial charge in [0.25, 0.3) is 0 Å². The van der Waals surface area contributed by atoms with E-state index in [0.29, 0.717) is 19.0 Å². The molecule has 0 aromatic carbocycles. The molecule has 0 nitrogen and oxygen atoms in total. The second kappa shape index (κ2) is 6.79. The van der Waals surface area contributed by atoms with Crippen molar-refractivity contribution in [2.75, 3.05) is 0 Å². The molecular formula is C7H10B6. The minimum Gasteiger partial charge on any atom is -0.0933 e. The fraction of sp³-hybridized carbons (Fsp3) is 1.00. The van der Waals surface area contributed by atoms with Crippen molar-refractivity contribution in [1.82, 2.24) is 0 Å². The molecule has 0 fully saturated rings. The van der Waals surface area contributed by atoms with Crippen LogP contribution in [0.4, 0.5) is 0 Å². The van der Waals surface area contributed by atoms with Gasteiger partial charge in [0.15, 0.2) is 0 Å². The Labute approximate surface area is 89.8 Å². The van der Waals surface area contributed by atoms with Gasteiger partial charge in [0, 0.05) is 0 Å². The van der Waals surface area contributed by atoms with E-state index < -0.39 is 0 Å². The summed E-state index contributed by atoms with van der Waals surface area (Å²) in [6, 6.07) is 0. The zero-order chi connectivity index (χ0) is 10.4. The van der Waals surface area contributed by atoms with Crippen molar-refractivity contribution in [3.05, 3.63) is 0 Å². The van der Waals surface area contributed by atoms with Gasteiger partial charge in [-0.3, -0.25) is 0 Å². The lowest BCUT2D eigenvalue weighted by Gasteiger charge is -2.35. The standard InChI is InChI=1S/C7H10B6/c8-1-4(11)7(5(12)2-9)6(13)3-10/h4-7H,1-3H2. The van der Waals surface area contributed by atoms with Crippen LogP contribution in [-0.2, 0) is 0 Å².